The third-order valence-corrected chi connectivity index (χ3v) is 4.88. The summed E-state index contributed by atoms with van der Waals surface area (Å²) in [6.07, 6.45) is 16.2. The summed E-state index contributed by atoms with van der Waals surface area (Å²) in [5, 5.41) is 0. The van der Waals surface area contributed by atoms with Crippen LogP contribution in [0.5, 0.6) is 0 Å². The van der Waals surface area contributed by atoms with Crippen molar-refractivity contribution in [3.63, 3.8) is 0 Å². The van der Waals surface area contributed by atoms with Crippen LogP contribution in [-0.4, -0.2) is 9.55 Å². The molecule has 2 rings (SSSR count). The van der Waals surface area contributed by atoms with Crippen molar-refractivity contribution in [3.05, 3.63) is 53.6 Å². The highest BCUT2D eigenvalue weighted by atomic mass is 15.1. The van der Waals surface area contributed by atoms with Gasteiger partial charge in [-0.15, -0.1) is 0 Å². The van der Waals surface area contributed by atoms with E-state index in [1.807, 2.05) is 0 Å². The molecule has 0 atom stereocenters. The molecule has 0 spiro atoms. The van der Waals surface area contributed by atoms with Crippen LogP contribution in [0, 0.1) is 0 Å². The van der Waals surface area contributed by atoms with Gasteiger partial charge in [-0.2, -0.15) is 0 Å². The van der Waals surface area contributed by atoms with Crippen LogP contribution < -0.4 is 0 Å². The van der Waals surface area contributed by atoms with E-state index in [0.717, 1.165) is 25.8 Å². The summed E-state index contributed by atoms with van der Waals surface area (Å²) in [4.78, 5) is 4.92. The number of nitrogens with zero attached hydrogens (tertiary/aromatic N) is 2. The standard InChI is InChI=1S/C23H36N2/c1-3-5-6-7-8-12-19-25-20-22(24-23(25)14-4-2)18-13-17-21-15-10-9-11-16-21/h9-11,15-16,20H,3-8,12-14,17-19H2,1-2H3. The van der Waals surface area contributed by atoms with Crippen molar-refractivity contribution in [1.82, 2.24) is 9.55 Å². The Morgan fingerprint density at radius 3 is 2.28 bits per heavy atom. The Hall–Kier alpha value is -1.57. The minimum Gasteiger partial charge on any atom is -0.335 e. The van der Waals surface area contributed by atoms with Gasteiger partial charge in [-0.25, -0.2) is 4.98 Å². The van der Waals surface area contributed by atoms with Gasteiger partial charge in [0, 0.05) is 19.2 Å². The van der Waals surface area contributed by atoms with Gasteiger partial charge in [0.25, 0.3) is 0 Å². The van der Waals surface area contributed by atoms with E-state index >= 15 is 0 Å². The van der Waals surface area contributed by atoms with Crippen molar-refractivity contribution in [2.75, 3.05) is 0 Å². The fourth-order valence-electron chi connectivity index (χ4n) is 3.43. The van der Waals surface area contributed by atoms with Crippen molar-refractivity contribution in [2.24, 2.45) is 0 Å². The van der Waals surface area contributed by atoms with Crippen molar-refractivity contribution in [1.29, 1.82) is 0 Å². The van der Waals surface area contributed by atoms with Gasteiger partial charge in [0.15, 0.2) is 0 Å². The maximum atomic E-state index is 4.92. The molecule has 0 saturated heterocycles. The molecule has 0 fully saturated rings. The Morgan fingerprint density at radius 2 is 1.52 bits per heavy atom. The van der Waals surface area contributed by atoms with E-state index in [1.165, 1.54) is 68.4 Å². The SMILES string of the molecule is CCCCCCCCn1cc(CCCc2ccccc2)nc1CCC. The molecule has 0 aliphatic heterocycles. The highest BCUT2D eigenvalue weighted by Gasteiger charge is 2.07. The Labute approximate surface area is 154 Å². The number of hydrogen-bond acceptors (Lipinski definition) is 1. The summed E-state index contributed by atoms with van der Waals surface area (Å²) in [6.45, 7) is 5.67. The van der Waals surface area contributed by atoms with Crippen LogP contribution in [0.15, 0.2) is 36.5 Å². The predicted molar refractivity (Wildman–Crippen MR) is 108 cm³/mol. The third kappa shape index (κ3) is 7.46. The first-order valence-electron chi connectivity index (χ1n) is 10.4. The first kappa shape index (κ1) is 19.8. The monoisotopic (exact) mass is 340 g/mol. The fraction of sp³-hybridized carbons (Fsp3) is 0.609. The van der Waals surface area contributed by atoms with E-state index < -0.39 is 0 Å². The van der Waals surface area contributed by atoms with E-state index in [2.05, 4.69) is 54.9 Å². The lowest BCUT2D eigenvalue weighted by molar-refractivity contribution is 0.544. The van der Waals surface area contributed by atoms with Crippen molar-refractivity contribution in [3.8, 4) is 0 Å². The van der Waals surface area contributed by atoms with Crippen LogP contribution in [-0.2, 0) is 25.8 Å². The second kappa shape index (κ2) is 11.9. The van der Waals surface area contributed by atoms with Gasteiger partial charge in [-0.1, -0.05) is 76.3 Å². The zero-order valence-corrected chi connectivity index (χ0v) is 16.3. The highest BCUT2D eigenvalue weighted by Crippen LogP contribution is 2.13. The fourth-order valence-corrected chi connectivity index (χ4v) is 3.43. The molecule has 0 N–H and O–H groups in total. The molecule has 0 saturated carbocycles. The molecule has 1 aromatic carbocycles. The van der Waals surface area contributed by atoms with Gasteiger partial charge < -0.3 is 4.57 Å². The van der Waals surface area contributed by atoms with Crippen LogP contribution in [0.2, 0.25) is 0 Å². The maximum absolute atomic E-state index is 4.92. The molecule has 138 valence electrons. The van der Waals surface area contributed by atoms with Gasteiger partial charge in [-0.3, -0.25) is 0 Å². The number of imidazole rings is 1. The average molecular weight is 341 g/mol. The Bertz CT molecular complexity index is 571. The summed E-state index contributed by atoms with van der Waals surface area (Å²) in [5.74, 6) is 1.30. The zero-order chi connectivity index (χ0) is 17.7. The summed E-state index contributed by atoms with van der Waals surface area (Å²) in [7, 11) is 0. The number of aryl methyl sites for hydroxylation is 4. The maximum Gasteiger partial charge on any atom is 0.108 e. The molecule has 1 aromatic heterocycles. The molecule has 0 amide bonds. The van der Waals surface area contributed by atoms with Gasteiger partial charge in [0.1, 0.15) is 5.82 Å². The van der Waals surface area contributed by atoms with E-state index in [0.29, 0.717) is 0 Å². The van der Waals surface area contributed by atoms with Crippen molar-refractivity contribution in [2.45, 2.75) is 91.0 Å². The molecule has 2 aromatic rings. The molecule has 0 radical (unpaired) electrons. The van der Waals surface area contributed by atoms with E-state index in [4.69, 9.17) is 4.98 Å². The summed E-state index contributed by atoms with van der Waals surface area (Å²) in [5.41, 5.74) is 2.72. The lowest BCUT2D eigenvalue weighted by Crippen LogP contribution is -2.02. The van der Waals surface area contributed by atoms with Crippen LogP contribution in [0.3, 0.4) is 0 Å². The highest BCUT2D eigenvalue weighted by molar-refractivity contribution is 5.15. The van der Waals surface area contributed by atoms with Gasteiger partial charge in [0.2, 0.25) is 0 Å². The largest absolute Gasteiger partial charge is 0.335 e. The number of benzene rings is 1. The molecule has 2 nitrogen and oxygen atoms in total. The Morgan fingerprint density at radius 1 is 0.760 bits per heavy atom. The smallest absolute Gasteiger partial charge is 0.108 e. The number of hydrogen-bond donors (Lipinski definition) is 0. The van der Waals surface area contributed by atoms with Crippen molar-refractivity contribution >= 4 is 0 Å². The molecule has 0 aliphatic carbocycles. The molecule has 2 heteroatoms. The number of aromatic nitrogens is 2. The topological polar surface area (TPSA) is 17.8 Å². The Balaban J connectivity index is 1.78. The van der Waals surface area contributed by atoms with Gasteiger partial charge in [-0.05, 0) is 37.7 Å². The number of unbranched alkanes of at least 4 members (excludes halogenated alkanes) is 5. The number of rotatable bonds is 13. The molecule has 0 bridgehead atoms. The molecule has 0 aliphatic rings. The third-order valence-electron chi connectivity index (χ3n) is 4.88. The summed E-state index contributed by atoms with van der Waals surface area (Å²) in [6, 6.07) is 10.8. The van der Waals surface area contributed by atoms with Crippen molar-refractivity contribution < 1.29 is 0 Å². The van der Waals surface area contributed by atoms with E-state index in [9.17, 15) is 0 Å². The molecule has 1 heterocycles. The molecular formula is C23H36N2. The lowest BCUT2D eigenvalue weighted by atomic mass is 10.1. The predicted octanol–water partition coefficient (Wildman–Crippen LogP) is 6.37. The second-order valence-corrected chi connectivity index (χ2v) is 7.20. The first-order valence-corrected chi connectivity index (χ1v) is 10.4. The van der Waals surface area contributed by atoms with Crippen LogP contribution in [0.25, 0.3) is 0 Å². The van der Waals surface area contributed by atoms with Gasteiger partial charge >= 0.3 is 0 Å². The average Bonchev–Trinajstić information content (AvgIpc) is 3.01. The summed E-state index contributed by atoms with van der Waals surface area (Å²) < 4.78 is 2.43. The zero-order valence-electron chi connectivity index (χ0n) is 16.3. The lowest BCUT2D eigenvalue weighted by Gasteiger charge is -2.06. The minimum absolute atomic E-state index is 1.09. The van der Waals surface area contributed by atoms with Crippen LogP contribution in [0.4, 0.5) is 0 Å². The van der Waals surface area contributed by atoms with Crippen LogP contribution >= 0.6 is 0 Å². The normalized spacial score (nSPS) is 11.1. The quantitative estimate of drug-likeness (QED) is 0.387. The molecular weight excluding hydrogens is 304 g/mol. The molecule has 25 heavy (non-hydrogen) atoms. The Kier molecular flexibility index (Phi) is 9.40. The van der Waals surface area contributed by atoms with Gasteiger partial charge in [0.05, 0.1) is 5.69 Å². The summed E-state index contributed by atoms with van der Waals surface area (Å²) >= 11 is 0. The van der Waals surface area contributed by atoms with Crippen LogP contribution in [0.1, 0.15) is 82.3 Å². The van der Waals surface area contributed by atoms with E-state index in [1.54, 1.807) is 0 Å². The minimum atomic E-state index is 1.09. The second-order valence-electron chi connectivity index (χ2n) is 7.20. The molecule has 0 unspecified atom stereocenters. The first-order chi connectivity index (χ1) is 12.3. The van der Waals surface area contributed by atoms with E-state index in [-0.39, 0.29) is 0 Å².